The van der Waals surface area contributed by atoms with Crippen LogP contribution in [0.4, 0.5) is 5.82 Å². The molecule has 1 fully saturated rings. The zero-order valence-electron chi connectivity index (χ0n) is 17.4. The number of aliphatic imine (C=N–C) groups is 1. The molecule has 3 rings (SSSR count). The minimum atomic E-state index is 0.206. The van der Waals surface area contributed by atoms with Gasteiger partial charge in [-0.25, -0.2) is 4.98 Å². The number of rotatable bonds is 6. The van der Waals surface area contributed by atoms with Crippen LogP contribution < -0.4 is 10.2 Å². The van der Waals surface area contributed by atoms with E-state index in [1.807, 2.05) is 36.3 Å². The Labute approximate surface area is 167 Å². The van der Waals surface area contributed by atoms with Crippen molar-refractivity contribution >= 4 is 11.8 Å². The molecule has 1 atom stereocenters. The zero-order chi connectivity index (χ0) is 19.9. The van der Waals surface area contributed by atoms with Gasteiger partial charge in [-0.2, -0.15) is 5.10 Å². The summed E-state index contributed by atoms with van der Waals surface area (Å²) in [6.07, 6.45) is 5.85. The SMILES string of the molecule is CCNC(=NCC(c1cnn(C)c1)N(C)C)N1CCN(c2ccccn2)CC1. The number of aromatic nitrogens is 3. The van der Waals surface area contributed by atoms with Gasteiger partial charge in [0.1, 0.15) is 5.82 Å². The first-order valence-electron chi connectivity index (χ1n) is 9.92. The maximum Gasteiger partial charge on any atom is 0.194 e. The number of piperazine rings is 1. The summed E-state index contributed by atoms with van der Waals surface area (Å²) in [5.74, 6) is 2.03. The number of guanidine groups is 1. The fourth-order valence-electron chi connectivity index (χ4n) is 3.47. The lowest BCUT2D eigenvalue weighted by Gasteiger charge is -2.37. The average molecular weight is 385 g/mol. The molecule has 0 saturated carbocycles. The van der Waals surface area contributed by atoms with E-state index >= 15 is 0 Å². The topological polar surface area (TPSA) is 64.8 Å². The normalized spacial score (nSPS) is 16.5. The van der Waals surface area contributed by atoms with Crippen molar-refractivity contribution < 1.29 is 0 Å². The highest BCUT2D eigenvalue weighted by atomic mass is 15.4. The Balaban J connectivity index is 1.65. The fraction of sp³-hybridized carbons (Fsp3) is 0.550. The second-order valence-electron chi connectivity index (χ2n) is 7.28. The van der Waals surface area contributed by atoms with Crippen LogP contribution in [0.15, 0.2) is 41.8 Å². The van der Waals surface area contributed by atoms with E-state index in [2.05, 4.69) is 63.4 Å². The van der Waals surface area contributed by atoms with E-state index in [4.69, 9.17) is 4.99 Å². The first-order valence-corrected chi connectivity index (χ1v) is 9.92. The molecule has 152 valence electrons. The Kier molecular flexibility index (Phi) is 6.86. The van der Waals surface area contributed by atoms with E-state index in [1.165, 1.54) is 5.56 Å². The van der Waals surface area contributed by atoms with E-state index in [-0.39, 0.29) is 6.04 Å². The molecule has 28 heavy (non-hydrogen) atoms. The number of hydrogen-bond acceptors (Lipinski definition) is 5. The molecule has 8 nitrogen and oxygen atoms in total. The lowest BCUT2D eigenvalue weighted by molar-refractivity contribution is 0.303. The maximum atomic E-state index is 4.96. The molecular formula is C20H32N8. The van der Waals surface area contributed by atoms with E-state index in [1.54, 1.807) is 0 Å². The lowest BCUT2D eigenvalue weighted by Crippen LogP contribution is -2.53. The van der Waals surface area contributed by atoms with Crippen LogP contribution in [0.1, 0.15) is 18.5 Å². The molecule has 1 aliphatic heterocycles. The van der Waals surface area contributed by atoms with Crippen LogP contribution in [-0.4, -0.2) is 83.9 Å². The number of nitrogens with zero attached hydrogens (tertiary/aromatic N) is 7. The van der Waals surface area contributed by atoms with Crippen molar-refractivity contribution in [3.8, 4) is 0 Å². The van der Waals surface area contributed by atoms with Crippen LogP contribution in [0.2, 0.25) is 0 Å². The summed E-state index contributed by atoms with van der Waals surface area (Å²) >= 11 is 0. The van der Waals surface area contributed by atoms with Gasteiger partial charge in [-0.15, -0.1) is 0 Å². The van der Waals surface area contributed by atoms with Crippen molar-refractivity contribution in [2.75, 3.05) is 58.3 Å². The fourth-order valence-corrected chi connectivity index (χ4v) is 3.47. The Morgan fingerprint density at radius 2 is 2.04 bits per heavy atom. The predicted octanol–water partition coefficient (Wildman–Crippen LogP) is 1.21. The highest BCUT2D eigenvalue weighted by molar-refractivity contribution is 5.80. The molecule has 1 saturated heterocycles. The molecule has 8 heteroatoms. The van der Waals surface area contributed by atoms with Crippen LogP contribution in [0, 0.1) is 0 Å². The van der Waals surface area contributed by atoms with Crippen molar-refractivity contribution in [1.29, 1.82) is 0 Å². The van der Waals surface area contributed by atoms with Crippen molar-refractivity contribution in [2.24, 2.45) is 12.0 Å². The van der Waals surface area contributed by atoms with Crippen LogP contribution in [0.3, 0.4) is 0 Å². The summed E-state index contributed by atoms with van der Waals surface area (Å²) in [4.78, 5) is 16.3. The molecule has 0 aromatic carbocycles. The van der Waals surface area contributed by atoms with Crippen molar-refractivity contribution in [2.45, 2.75) is 13.0 Å². The first-order chi connectivity index (χ1) is 13.6. The van der Waals surface area contributed by atoms with Crippen molar-refractivity contribution in [3.05, 3.63) is 42.4 Å². The van der Waals surface area contributed by atoms with E-state index in [9.17, 15) is 0 Å². The van der Waals surface area contributed by atoms with E-state index in [0.29, 0.717) is 6.54 Å². The third kappa shape index (κ3) is 5.01. The summed E-state index contributed by atoms with van der Waals surface area (Å²) in [7, 11) is 6.13. The molecule has 0 amide bonds. The minimum Gasteiger partial charge on any atom is -0.357 e. The van der Waals surface area contributed by atoms with Gasteiger partial charge in [0, 0.05) is 57.7 Å². The molecule has 0 spiro atoms. The predicted molar refractivity (Wildman–Crippen MR) is 114 cm³/mol. The molecule has 1 aliphatic rings. The Bertz CT molecular complexity index is 747. The van der Waals surface area contributed by atoms with Crippen LogP contribution >= 0.6 is 0 Å². The summed E-state index contributed by atoms with van der Waals surface area (Å²) in [6, 6.07) is 6.28. The highest BCUT2D eigenvalue weighted by Crippen LogP contribution is 2.18. The standard InChI is InChI=1S/C20H32N8/c1-5-21-20(23-15-18(25(2)3)17-14-24-26(4)16-17)28-12-10-27(11-13-28)19-8-6-7-9-22-19/h6-9,14,16,18H,5,10-13,15H2,1-4H3,(H,21,23). The van der Waals surface area contributed by atoms with Crippen LogP contribution in [0.5, 0.6) is 0 Å². The van der Waals surface area contributed by atoms with E-state index in [0.717, 1.165) is 44.5 Å². The molecule has 2 aromatic rings. The second kappa shape index (κ2) is 9.54. The summed E-state index contributed by atoms with van der Waals surface area (Å²) in [6.45, 7) is 7.43. The quantitative estimate of drug-likeness (QED) is 0.597. The third-order valence-corrected chi connectivity index (χ3v) is 5.03. The molecule has 1 unspecified atom stereocenters. The van der Waals surface area contributed by atoms with Crippen molar-refractivity contribution in [3.63, 3.8) is 0 Å². The lowest BCUT2D eigenvalue weighted by atomic mass is 10.1. The molecule has 0 aliphatic carbocycles. The monoisotopic (exact) mass is 384 g/mol. The number of pyridine rings is 1. The van der Waals surface area contributed by atoms with Crippen LogP contribution in [0.25, 0.3) is 0 Å². The Morgan fingerprint density at radius 3 is 2.61 bits per heavy atom. The number of hydrogen-bond donors (Lipinski definition) is 1. The first kappa shape index (κ1) is 20.1. The number of anilines is 1. The largest absolute Gasteiger partial charge is 0.357 e. The van der Waals surface area contributed by atoms with Gasteiger partial charge < -0.3 is 20.0 Å². The average Bonchev–Trinajstić information content (AvgIpc) is 3.14. The molecule has 3 heterocycles. The van der Waals surface area contributed by atoms with Gasteiger partial charge in [0.25, 0.3) is 0 Å². The molecule has 0 bridgehead atoms. The molecule has 2 aromatic heterocycles. The minimum absolute atomic E-state index is 0.206. The van der Waals surface area contributed by atoms with Gasteiger partial charge in [0.15, 0.2) is 5.96 Å². The summed E-state index contributed by atoms with van der Waals surface area (Å²) in [5, 5.41) is 7.77. The highest BCUT2D eigenvalue weighted by Gasteiger charge is 2.21. The Morgan fingerprint density at radius 1 is 1.25 bits per heavy atom. The molecular weight excluding hydrogens is 352 g/mol. The Hall–Kier alpha value is -2.61. The summed E-state index contributed by atoms with van der Waals surface area (Å²) < 4.78 is 1.84. The number of nitrogens with one attached hydrogen (secondary N) is 1. The molecule has 0 radical (unpaired) electrons. The number of likely N-dealkylation sites (N-methyl/N-ethyl adjacent to an activating group) is 1. The molecule has 1 N–H and O–H groups in total. The van der Waals surface area contributed by atoms with Gasteiger partial charge in [0.2, 0.25) is 0 Å². The number of aryl methyl sites for hydroxylation is 1. The van der Waals surface area contributed by atoms with Gasteiger partial charge >= 0.3 is 0 Å². The van der Waals surface area contributed by atoms with Gasteiger partial charge in [-0.05, 0) is 33.2 Å². The second-order valence-corrected chi connectivity index (χ2v) is 7.28. The van der Waals surface area contributed by atoms with Gasteiger partial charge in [-0.1, -0.05) is 6.07 Å². The summed E-state index contributed by atoms with van der Waals surface area (Å²) in [5.41, 5.74) is 1.19. The smallest absolute Gasteiger partial charge is 0.194 e. The van der Waals surface area contributed by atoms with Gasteiger partial charge in [-0.3, -0.25) is 9.67 Å². The van der Waals surface area contributed by atoms with E-state index < -0.39 is 0 Å². The van der Waals surface area contributed by atoms with Crippen molar-refractivity contribution in [1.82, 2.24) is 29.9 Å². The zero-order valence-corrected chi connectivity index (χ0v) is 17.4. The van der Waals surface area contributed by atoms with Crippen LogP contribution in [-0.2, 0) is 7.05 Å². The maximum absolute atomic E-state index is 4.96. The third-order valence-electron chi connectivity index (χ3n) is 5.03. The van der Waals surface area contributed by atoms with Gasteiger partial charge in [0.05, 0.1) is 18.8 Å².